The summed E-state index contributed by atoms with van der Waals surface area (Å²) < 4.78 is 1.87. The van der Waals surface area contributed by atoms with Crippen LogP contribution in [0.3, 0.4) is 0 Å². The van der Waals surface area contributed by atoms with E-state index in [0.29, 0.717) is 18.6 Å². The van der Waals surface area contributed by atoms with Gasteiger partial charge in [-0.2, -0.15) is 5.10 Å². The van der Waals surface area contributed by atoms with Gasteiger partial charge in [0.15, 0.2) is 0 Å². The van der Waals surface area contributed by atoms with Crippen LogP contribution in [-0.4, -0.2) is 55.6 Å². The van der Waals surface area contributed by atoms with Crippen LogP contribution in [0.15, 0.2) is 30.2 Å². The van der Waals surface area contributed by atoms with E-state index in [-0.39, 0.29) is 5.91 Å². The summed E-state index contributed by atoms with van der Waals surface area (Å²) in [5, 5.41) is 6.28. The van der Waals surface area contributed by atoms with Gasteiger partial charge in [0.05, 0.1) is 19.6 Å². The van der Waals surface area contributed by atoms with Crippen molar-refractivity contribution in [1.82, 2.24) is 24.6 Å². The lowest BCUT2D eigenvalue weighted by Gasteiger charge is -2.28. The van der Waals surface area contributed by atoms with E-state index < -0.39 is 0 Å². The molecule has 0 unspecified atom stereocenters. The van der Waals surface area contributed by atoms with Crippen LogP contribution in [0, 0.1) is 0 Å². The molecule has 0 bridgehead atoms. The minimum Gasteiger partial charge on any atom is -0.333 e. The molecule has 1 amide bonds. The molecule has 24 heavy (non-hydrogen) atoms. The Balaban J connectivity index is 1.38. The highest BCUT2D eigenvalue weighted by Gasteiger charge is 2.35. The zero-order chi connectivity index (χ0) is 16.4. The van der Waals surface area contributed by atoms with Crippen molar-refractivity contribution in [3.05, 3.63) is 35.0 Å². The molecule has 7 heteroatoms. The van der Waals surface area contributed by atoms with E-state index in [1.165, 1.54) is 4.88 Å². The first kappa shape index (κ1) is 15.8. The van der Waals surface area contributed by atoms with Crippen LogP contribution >= 0.6 is 11.3 Å². The quantitative estimate of drug-likeness (QED) is 0.770. The molecule has 128 valence electrons. The van der Waals surface area contributed by atoms with Gasteiger partial charge in [0, 0.05) is 17.0 Å². The van der Waals surface area contributed by atoms with Crippen LogP contribution in [-0.2, 0) is 17.9 Å². The molecule has 1 aliphatic heterocycles. The van der Waals surface area contributed by atoms with Crippen LogP contribution in [0.4, 0.5) is 0 Å². The van der Waals surface area contributed by atoms with Gasteiger partial charge in [-0.3, -0.25) is 14.4 Å². The fourth-order valence-corrected chi connectivity index (χ4v) is 4.20. The van der Waals surface area contributed by atoms with Gasteiger partial charge in [0.1, 0.15) is 12.7 Å². The van der Waals surface area contributed by atoms with Gasteiger partial charge in [-0.05, 0) is 43.7 Å². The molecule has 1 atom stereocenters. The van der Waals surface area contributed by atoms with Crippen molar-refractivity contribution in [2.24, 2.45) is 0 Å². The molecule has 1 aliphatic carbocycles. The maximum absolute atomic E-state index is 12.9. The maximum Gasteiger partial charge on any atom is 0.237 e. The van der Waals surface area contributed by atoms with E-state index in [1.807, 2.05) is 4.68 Å². The summed E-state index contributed by atoms with van der Waals surface area (Å²) in [5.41, 5.74) is 0. The largest absolute Gasteiger partial charge is 0.333 e. The molecule has 0 N–H and O–H groups in total. The molecule has 1 saturated heterocycles. The summed E-state index contributed by atoms with van der Waals surface area (Å²) in [7, 11) is 0. The number of rotatable bonds is 7. The summed E-state index contributed by atoms with van der Waals surface area (Å²) in [6.45, 7) is 3.12. The second-order valence-electron chi connectivity index (χ2n) is 6.72. The summed E-state index contributed by atoms with van der Waals surface area (Å²) in [6, 6.07) is 5.02. The molecular weight excluding hydrogens is 322 g/mol. The molecule has 0 spiro atoms. The molecule has 1 saturated carbocycles. The minimum atomic E-state index is 0.274. The molecule has 0 radical (unpaired) electrons. The van der Waals surface area contributed by atoms with Gasteiger partial charge in [-0.25, -0.2) is 4.98 Å². The molecule has 3 heterocycles. The SMILES string of the molecule is O=C(CN1CCC[C@@H]1Cn1cncn1)N(Cc1cccs1)C1CC1. The molecule has 4 rings (SSSR count). The number of carbonyl (C=O) groups is 1. The van der Waals surface area contributed by atoms with E-state index >= 15 is 0 Å². The van der Waals surface area contributed by atoms with Crippen molar-refractivity contribution >= 4 is 17.2 Å². The molecule has 2 aliphatic rings. The van der Waals surface area contributed by atoms with Crippen LogP contribution < -0.4 is 0 Å². The molecule has 0 aromatic carbocycles. The predicted molar refractivity (Wildman–Crippen MR) is 92.5 cm³/mol. The standard InChI is InChI=1S/C17H23N5OS/c23-17(22(14-5-6-14)10-16-4-2-8-24-16)11-20-7-1-3-15(20)9-21-13-18-12-19-21/h2,4,8,12-15H,1,3,5-7,9-11H2/t15-/m1/s1. The molecule has 6 nitrogen and oxygen atoms in total. The third-order valence-electron chi connectivity index (χ3n) is 4.92. The lowest BCUT2D eigenvalue weighted by atomic mass is 10.2. The van der Waals surface area contributed by atoms with Crippen molar-refractivity contribution in [2.45, 2.75) is 50.9 Å². The average molecular weight is 345 g/mol. The molecule has 2 aromatic rings. The highest BCUT2D eigenvalue weighted by atomic mass is 32.1. The smallest absolute Gasteiger partial charge is 0.237 e. The van der Waals surface area contributed by atoms with Gasteiger partial charge in [-0.1, -0.05) is 6.07 Å². The Bertz CT molecular complexity index is 653. The van der Waals surface area contributed by atoms with Crippen LogP contribution in [0.2, 0.25) is 0 Å². The minimum absolute atomic E-state index is 0.274. The van der Waals surface area contributed by atoms with E-state index in [0.717, 1.165) is 45.3 Å². The van der Waals surface area contributed by atoms with Gasteiger partial charge < -0.3 is 4.90 Å². The number of hydrogen-bond donors (Lipinski definition) is 0. The maximum atomic E-state index is 12.9. The van der Waals surface area contributed by atoms with Crippen LogP contribution in [0.25, 0.3) is 0 Å². The van der Waals surface area contributed by atoms with Crippen molar-refractivity contribution < 1.29 is 4.79 Å². The zero-order valence-electron chi connectivity index (χ0n) is 13.8. The first-order valence-electron chi connectivity index (χ1n) is 8.68. The van der Waals surface area contributed by atoms with Crippen molar-refractivity contribution in [2.75, 3.05) is 13.1 Å². The fourth-order valence-electron chi connectivity index (χ4n) is 3.50. The Morgan fingerprint density at radius 2 is 2.29 bits per heavy atom. The lowest BCUT2D eigenvalue weighted by molar-refractivity contribution is -0.133. The van der Waals surface area contributed by atoms with Crippen molar-refractivity contribution in [3.63, 3.8) is 0 Å². The Hall–Kier alpha value is -1.73. The molecule has 2 fully saturated rings. The Morgan fingerprint density at radius 3 is 3.00 bits per heavy atom. The molecular formula is C17H23N5OS. The Kier molecular flexibility index (Phi) is 4.62. The van der Waals surface area contributed by atoms with E-state index in [1.54, 1.807) is 24.0 Å². The van der Waals surface area contributed by atoms with E-state index in [4.69, 9.17) is 0 Å². The van der Waals surface area contributed by atoms with Gasteiger partial charge in [-0.15, -0.1) is 11.3 Å². The van der Waals surface area contributed by atoms with Gasteiger partial charge in [0.25, 0.3) is 0 Å². The van der Waals surface area contributed by atoms with Crippen molar-refractivity contribution in [3.8, 4) is 0 Å². The third-order valence-corrected chi connectivity index (χ3v) is 5.78. The van der Waals surface area contributed by atoms with Crippen molar-refractivity contribution in [1.29, 1.82) is 0 Å². The number of likely N-dealkylation sites (tertiary alicyclic amines) is 1. The monoisotopic (exact) mass is 345 g/mol. The number of amides is 1. The Labute approximate surface area is 146 Å². The predicted octanol–water partition coefficient (Wildman–Crippen LogP) is 2.00. The number of nitrogens with zero attached hydrogens (tertiary/aromatic N) is 5. The summed E-state index contributed by atoms with van der Waals surface area (Å²) in [6.07, 6.45) is 7.91. The third kappa shape index (κ3) is 3.67. The zero-order valence-corrected chi connectivity index (χ0v) is 14.6. The summed E-state index contributed by atoms with van der Waals surface area (Å²) >= 11 is 1.73. The lowest BCUT2D eigenvalue weighted by Crippen LogP contribution is -2.43. The average Bonchev–Trinajstić information content (AvgIpc) is 2.99. The normalized spacial score (nSPS) is 21.2. The van der Waals surface area contributed by atoms with Crippen LogP contribution in [0.1, 0.15) is 30.6 Å². The summed E-state index contributed by atoms with van der Waals surface area (Å²) in [4.78, 5) is 22.6. The highest BCUT2D eigenvalue weighted by Crippen LogP contribution is 2.30. The first-order valence-corrected chi connectivity index (χ1v) is 9.56. The van der Waals surface area contributed by atoms with E-state index in [2.05, 4.69) is 37.4 Å². The van der Waals surface area contributed by atoms with Gasteiger partial charge in [0.2, 0.25) is 5.91 Å². The molecule has 2 aromatic heterocycles. The summed E-state index contributed by atoms with van der Waals surface area (Å²) in [5.74, 6) is 0.274. The number of carbonyl (C=O) groups excluding carboxylic acids is 1. The van der Waals surface area contributed by atoms with E-state index in [9.17, 15) is 4.79 Å². The second-order valence-corrected chi connectivity index (χ2v) is 7.75. The fraction of sp³-hybridized carbons (Fsp3) is 0.588. The topological polar surface area (TPSA) is 54.3 Å². The van der Waals surface area contributed by atoms with Crippen LogP contribution in [0.5, 0.6) is 0 Å². The number of hydrogen-bond acceptors (Lipinski definition) is 5. The Morgan fingerprint density at radius 1 is 1.38 bits per heavy atom. The number of thiophene rings is 1. The second kappa shape index (κ2) is 7.03. The first-order chi connectivity index (χ1) is 11.8. The number of aromatic nitrogens is 3. The van der Waals surface area contributed by atoms with Gasteiger partial charge >= 0.3 is 0 Å². The highest BCUT2D eigenvalue weighted by molar-refractivity contribution is 7.09.